The van der Waals surface area contributed by atoms with Gasteiger partial charge in [0.2, 0.25) is 0 Å². The topological polar surface area (TPSA) is 42.7 Å². The Labute approximate surface area is 123 Å². The highest BCUT2D eigenvalue weighted by Gasteiger charge is 2.05. The predicted octanol–water partition coefficient (Wildman–Crippen LogP) is 3.83. The monoisotopic (exact) mass is 372 g/mol. The maximum Gasteiger partial charge on any atom is 0.146 e. The average molecular weight is 374 g/mol. The van der Waals surface area contributed by atoms with E-state index in [-0.39, 0.29) is 0 Å². The summed E-state index contributed by atoms with van der Waals surface area (Å²) >= 11 is 6.96. The van der Waals surface area contributed by atoms with Crippen LogP contribution < -0.4 is 5.32 Å². The number of anilines is 1. The highest BCUT2D eigenvalue weighted by atomic mass is 79.9. The van der Waals surface area contributed by atoms with E-state index < -0.39 is 0 Å². The molecule has 96 valence electrons. The zero-order valence-electron chi connectivity index (χ0n) is 10.0. The normalized spacial score (nSPS) is 10.6. The van der Waals surface area contributed by atoms with E-state index in [0.717, 1.165) is 33.4 Å². The summed E-state index contributed by atoms with van der Waals surface area (Å²) in [6.07, 6.45) is 2.65. The molecule has 0 aliphatic heterocycles. The van der Waals surface area contributed by atoms with Gasteiger partial charge in [0.15, 0.2) is 0 Å². The Hall–Kier alpha value is -0.880. The third-order valence-corrected chi connectivity index (χ3v) is 3.65. The number of benzene rings is 1. The van der Waals surface area contributed by atoms with Crippen LogP contribution in [0.4, 0.5) is 5.69 Å². The summed E-state index contributed by atoms with van der Waals surface area (Å²) < 4.78 is 4.01. The molecule has 0 spiro atoms. The van der Waals surface area contributed by atoms with E-state index in [1.54, 1.807) is 6.33 Å². The van der Waals surface area contributed by atoms with Crippen LogP contribution in [0.2, 0.25) is 0 Å². The molecule has 2 rings (SSSR count). The smallest absolute Gasteiger partial charge is 0.146 e. The van der Waals surface area contributed by atoms with Crippen molar-refractivity contribution in [3.8, 4) is 0 Å². The Bertz CT molecular complexity index is 525. The number of hydrogen-bond acceptors (Lipinski definition) is 3. The fraction of sp³-hybridized carbons (Fsp3) is 0.333. The van der Waals surface area contributed by atoms with Gasteiger partial charge in [-0.15, -0.1) is 0 Å². The average Bonchev–Trinajstić information content (AvgIpc) is 2.76. The van der Waals surface area contributed by atoms with E-state index in [4.69, 9.17) is 0 Å². The first kappa shape index (κ1) is 13.5. The first-order valence-corrected chi connectivity index (χ1v) is 7.35. The second kappa shape index (κ2) is 6.33. The van der Waals surface area contributed by atoms with Crippen LogP contribution in [0.3, 0.4) is 0 Å². The van der Waals surface area contributed by atoms with Gasteiger partial charge in [0.05, 0.1) is 6.54 Å². The van der Waals surface area contributed by atoms with E-state index >= 15 is 0 Å². The van der Waals surface area contributed by atoms with E-state index in [1.807, 2.05) is 22.9 Å². The summed E-state index contributed by atoms with van der Waals surface area (Å²) in [5.41, 5.74) is 1.05. The molecule has 0 aliphatic rings. The molecule has 0 amide bonds. The molecule has 0 fully saturated rings. The van der Waals surface area contributed by atoms with Crippen LogP contribution in [0.5, 0.6) is 0 Å². The molecule has 0 saturated carbocycles. The summed E-state index contributed by atoms with van der Waals surface area (Å²) in [4.78, 5) is 4.26. The second-order valence-corrected chi connectivity index (χ2v) is 5.65. The van der Waals surface area contributed by atoms with Crippen LogP contribution in [0, 0.1) is 0 Å². The van der Waals surface area contributed by atoms with Gasteiger partial charge in [-0.3, -0.25) is 0 Å². The first-order chi connectivity index (χ1) is 8.70. The van der Waals surface area contributed by atoms with Gasteiger partial charge in [0, 0.05) is 21.2 Å². The Kier molecular flexibility index (Phi) is 4.77. The molecule has 1 heterocycles. The zero-order valence-corrected chi connectivity index (χ0v) is 13.2. The number of nitrogens with one attached hydrogen (secondary N) is 1. The predicted molar refractivity (Wildman–Crippen MR) is 79.5 cm³/mol. The summed E-state index contributed by atoms with van der Waals surface area (Å²) in [5, 5.41) is 7.55. The van der Waals surface area contributed by atoms with E-state index in [0.29, 0.717) is 6.54 Å². The molecule has 0 saturated heterocycles. The summed E-state index contributed by atoms with van der Waals surface area (Å²) in [5.74, 6) is 0.951. The molecule has 1 aromatic heterocycles. The number of aromatic nitrogens is 3. The van der Waals surface area contributed by atoms with E-state index in [1.165, 1.54) is 0 Å². The van der Waals surface area contributed by atoms with Crippen molar-refractivity contribution in [3.05, 3.63) is 39.3 Å². The van der Waals surface area contributed by atoms with Gasteiger partial charge >= 0.3 is 0 Å². The third-order valence-electron chi connectivity index (χ3n) is 2.50. The molecular weight excluding hydrogens is 360 g/mol. The molecule has 0 atom stereocenters. The van der Waals surface area contributed by atoms with Crippen LogP contribution in [0.1, 0.15) is 19.2 Å². The second-order valence-electron chi connectivity index (χ2n) is 3.88. The Morgan fingerprint density at radius 3 is 2.89 bits per heavy atom. The lowest BCUT2D eigenvalue weighted by Gasteiger charge is -2.09. The molecular formula is C12H14Br2N4. The lowest BCUT2D eigenvalue weighted by atomic mass is 10.3. The minimum absolute atomic E-state index is 0.667. The van der Waals surface area contributed by atoms with Crippen LogP contribution >= 0.6 is 31.9 Å². The van der Waals surface area contributed by atoms with Crippen molar-refractivity contribution < 1.29 is 0 Å². The molecule has 0 aliphatic carbocycles. The maximum atomic E-state index is 4.26. The lowest BCUT2D eigenvalue weighted by Crippen LogP contribution is -2.10. The molecule has 1 N–H and O–H groups in total. The van der Waals surface area contributed by atoms with Gasteiger partial charge < -0.3 is 5.32 Å². The number of hydrogen-bond donors (Lipinski definition) is 1. The van der Waals surface area contributed by atoms with E-state index in [9.17, 15) is 0 Å². The van der Waals surface area contributed by atoms with Crippen LogP contribution in [-0.2, 0) is 13.1 Å². The SMILES string of the molecule is CCCn1ncnc1CNc1ccc(Br)cc1Br. The van der Waals surface area contributed by atoms with Crippen molar-refractivity contribution in [3.63, 3.8) is 0 Å². The number of nitrogens with zero attached hydrogens (tertiary/aromatic N) is 3. The van der Waals surface area contributed by atoms with Gasteiger partial charge in [-0.2, -0.15) is 5.10 Å². The summed E-state index contributed by atoms with van der Waals surface area (Å²) in [7, 11) is 0. The Balaban J connectivity index is 2.04. The lowest BCUT2D eigenvalue weighted by molar-refractivity contribution is 0.574. The van der Waals surface area contributed by atoms with Crippen LogP contribution in [0.15, 0.2) is 33.5 Å². The van der Waals surface area contributed by atoms with Gasteiger partial charge in [0.25, 0.3) is 0 Å². The largest absolute Gasteiger partial charge is 0.377 e. The van der Waals surface area contributed by atoms with Crippen LogP contribution in [0.25, 0.3) is 0 Å². The van der Waals surface area contributed by atoms with Crippen molar-refractivity contribution in [1.29, 1.82) is 0 Å². The Morgan fingerprint density at radius 1 is 1.33 bits per heavy atom. The van der Waals surface area contributed by atoms with Crippen molar-refractivity contribution in [2.75, 3.05) is 5.32 Å². The molecule has 0 unspecified atom stereocenters. The number of aryl methyl sites for hydroxylation is 1. The number of rotatable bonds is 5. The minimum Gasteiger partial charge on any atom is -0.377 e. The molecule has 6 heteroatoms. The minimum atomic E-state index is 0.667. The van der Waals surface area contributed by atoms with Gasteiger partial charge in [-0.05, 0) is 40.5 Å². The highest BCUT2D eigenvalue weighted by Crippen LogP contribution is 2.26. The number of halogens is 2. The Morgan fingerprint density at radius 2 is 2.17 bits per heavy atom. The molecule has 0 radical (unpaired) electrons. The van der Waals surface area contributed by atoms with Gasteiger partial charge in [-0.1, -0.05) is 22.9 Å². The summed E-state index contributed by atoms with van der Waals surface area (Å²) in [6.45, 7) is 3.70. The summed E-state index contributed by atoms with van der Waals surface area (Å²) in [6, 6.07) is 6.04. The highest BCUT2D eigenvalue weighted by molar-refractivity contribution is 9.11. The quantitative estimate of drug-likeness (QED) is 0.866. The van der Waals surface area contributed by atoms with Gasteiger partial charge in [0.1, 0.15) is 12.2 Å². The van der Waals surface area contributed by atoms with Crippen LogP contribution in [-0.4, -0.2) is 14.8 Å². The zero-order chi connectivity index (χ0) is 13.0. The standard InChI is InChI=1S/C12H14Br2N4/c1-2-5-18-12(16-8-17-18)7-15-11-4-3-9(13)6-10(11)14/h3-4,6,8,15H,2,5,7H2,1H3. The van der Waals surface area contributed by atoms with Gasteiger partial charge in [-0.25, -0.2) is 9.67 Å². The van der Waals surface area contributed by atoms with Crippen molar-refractivity contribution >= 4 is 37.5 Å². The third kappa shape index (κ3) is 3.32. The molecule has 0 bridgehead atoms. The first-order valence-electron chi connectivity index (χ1n) is 5.76. The van der Waals surface area contributed by atoms with E-state index in [2.05, 4.69) is 54.2 Å². The molecule has 4 nitrogen and oxygen atoms in total. The fourth-order valence-electron chi connectivity index (χ4n) is 1.63. The fourth-order valence-corrected chi connectivity index (χ4v) is 2.82. The van der Waals surface area contributed by atoms with Crippen molar-refractivity contribution in [2.45, 2.75) is 26.4 Å². The molecule has 2 aromatic rings. The van der Waals surface area contributed by atoms with Crippen molar-refractivity contribution in [1.82, 2.24) is 14.8 Å². The molecule has 18 heavy (non-hydrogen) atoms. The maximum absolute atomic E-state index is 4.26. The molecule has 1 aromatic carbocycles. The van der Waals surface area contributed by atoms with Crippen molar-refractivity contribution in [2.24, 2.45) is 0 Å².